The van der Waals surface area contributed by atoms with Gasteiger partial charge in [0.2, 0.25) is 11.8 Å². The van der Waals surface area contributed by atoms with Gasteiger partial charge in [-0.15, -0.1) is 0 Å². The summed E-state index contributed by atoms with van der Waals surface area (Å²) in [6.45, 7) is 5.93. The van der Waals surface area contributed by atoms with Crippen molar-refractivity contribution in [3.63, 3.8) is 0 Å². The number of hydrogen-bond donors (Lipinski definition) is 0. The third-order valence-electron chi connectivity index (χ3n) is 3.83. The molecule has 24 heavy (non-hydrogen) atoms. The average Bonchev–Trinajstić information content (AvgIpc) is 2.57. The normalized spacial score (nSPS) is 10.3. The van der Waals surface area contributed by atoms with Crippen LogP contribution in [0.25, 0.3) is 0 Å². The van der Waals surface area contributed by atoms with Crippen molar-refractivity contribution in [1.29, 1.82) is 0 Å². The molecular weight excluding hydrogens is 368 g/mol. The third kappa shape index (κ3) is 4.23. The second kappa shape index (κ2) is 8.11. The minimum atomic E-state index is -0.164. The molecule has 2 aromatic rings. The van der Waals surface area contributed by atoms with Crippen LogP contribution in [0.3, 0.4) is 0 Å². The Labute approximate surface area is 151 Å². The summed E-state index contributed by atoms with van der Waals surface area (Å²) >= 11 is 3.48. The molecule has 0 aliphatic heterocycles. The molecule has 0 unspecified atom stereocenters. The lowest BCUT2D eigenvalue weighted by molar-refractivity contribution is -0.121. The Balaban J connectivity index is 2.25. The number of carbonyl (C=O) groups excluding carboxylic acids is 2. The zero-order valence-corrected chi connectivity index (χ0v) is 15.7. The van der Waals surface area contributed by atoms with Gasteiger partial charge in [-0.1, -0.05) is 40.2 Å². The first kappa shape index (κ1) is 18.2. The van der Waals surface area contributed by atoms with Crippen LogP contribution in [0.1, 0.15) is 19.4 Å². The Morgan fingerprint density at radius 3 is 2.21 bits per heavy atom. The zero-order valence-electron chi connectivity index (χ0n) is 14.1. The molecule has 0 spiro atoms. The molecule has 2 amide bonds. The minimum absolute atomic E-state index is 0.00751. The maximum Gasteiger partial charge on any atom is 0.247 e. The fourth-order valence-electron chi connectivity index (χ4n) is 2.47. The van der Waals surface area contributed by atoms with Gasteiger partial charge in [0.05, 0.1) is 0 Å². The second-order valence-electron chi connectivity index (χ2n) is 5.51. The molecular formula is C19H21BrN2O2. The van der Waals surface area contributed by atoms with Crippen molar-refractivity contribution in [2.75, 3.05) is 22.9 Å². The van der Waals surface area contributed by atoms with E-state index >= 15 is 0 Å². The van der Waals surface area contributed by atoms with Gasteiger partial charge in [0.15, 0.2) is 0 Å². The van der Waals surface area contributed by atoms with Crippen LogP contribution in [-0.2, 0) is 9.59 Å². The molecule has 0 radical (unpaired) electrons. The number of benzene rings is 2. The van der Waals surface area contributed by atoms with E-state index < -0.39 is 0 Å². The Morgan fingerprint density at radius 1 is 1.00 bits per heavy atom. The van der Waals surface area contributed by atoms with Gasteiger partial charge in [0.1, 0.15) is 6.54 Å². The van der Waals surface area contributed by atoms with E-state index in [1.807, 2.05) is 62.4 Å². The van der Waals surface area contributed by atoms with E-state index in [2.05, 4.69) is 15.9 Å². The lowest BCUT2D eigenvalue weighted by Gasteiger charge is -2.26. The molecule has 2 rings (SSSR count). The van der Waals surface area contributed by atoms with Crippen LogP contribution in [0.2, 0.25) is 0 Å². The number of amides is 2. The van der Waals surface area contributed by atoms with Crippen LogP contribution < -0.4 is 9.80 Å². The number of likely N-dealkylation sites (N-methyl/N-ethyl adjacent to an activating group) is 1. The molecule has 0 fully saturated rings. The van der Waals surface area contributed by atoms with E-state index in [-0.39, 0.29) is 18.4 Å². The number of anilines is 2. The molecule has 126 valence electrons. The SMILES string of the molecule is CCN(C(=O)CN(C(C)=O)c1ccc(C)c(Br)c1)c1ccccc1. The Hall–Kier alpha value is -2.14. The first-order valence-electron chi connectivity index (χ1n) is 7.83. The quantitative estimate of drug-likeness (QED) is 0.771. The number of rotatable bonds is 5. The predicted octanol–water partition coefficient (Wildman–Crippen LogP) is 4.16. The summed E-state index contributed by atoms with van der Waals surface area (Å²) < 4.78 is 0.911. The van der Waals surface area contributed by atoms with Crippen molar-refractivity contribution >= 4 is 39.1 Å². The van der Waals surface area contributed by atoms with Crippen LogP contribution in [0.15, 0.2) is 53.0 Å². The van der Waals surface area contributed by atoms with E-state index in [4.69, 9.17) is 0 Å². The molecule has 0 saturated heterocycles. The van der Waals surface area contributed by atoms with Gasteiger partial charge < -0.3 is 9.80 Å². The molecule has 0 N–H and O–H groups in total. The lowest BCUT2D eigenvalue weighted by atomic mass is 10.2. The topological polar surface area (TPSA) is 40.6 Å². The molecule has 4 nitrogen and oxygen atoms in total. The minimum Gasteiger partial charge on any atom is -0.311 e. The number of halogens is 1. The highest BCUT2D eigenvalue weighted by Crippen LogP contribution is 2.24. The van der Waals surface area contributed by atoms with Crippen molar-refractivity contribution in [2.45, 2.75) is 20.8 Å². The third-order valence-corrected chi connectivity index (χ3v) is 4.68. The monoisotopic (exact) mass is 388 g/mol. The lowest BCUT2D eigenvalue weighted by Crippen LogP contribution is -2.42. The molecule has 0 saturated carbocycles. The van der Waals surface area contributed by atoms with Crippen LogP contribution in [0, 0.1) is 6.92 Å². The van der Waals surface area contributed by atoms with E-state index in [0.717, 1.165) is 15.7 Å². The molecule has 0 heterocycles. The molecule has 0 bridgehead atoms. The van der Waals surface area contributed by atoms with Gasteiger partial charge in [-0.3, -0.25) is 9.59 Å². The van der Waals surface area contributed by atoms with Crippen LogP contribution in [0.5, 0.6) is 0 Å². The van der Waals surface area contributed by atoms with Gasteiger partial charge >= 0.3 is 0 Å². The maximum atomic E-state index is 12.7. The highest BCUT2D eigenvalue weighted by atomic mass is 79.9. The summed E-state index contributed by atoms with van der Waals surface area (Å²) in [6, 6.07) is 15.1. The predicted molar refractivity (Wildman–Crippen MR) is 101 cm³/mol. The fourth-order valence-corrected chi connectivity index (χ4v) is 2.83. The molecule has 0 aliphatic rings. The summed E-state index contributed by atoms with van der Waals surface area (Å²) in [6.07, 6.45) is 0. The van der Waals surface area contributed by atoms with Gasteiger partial charge in [0.25, 0.3) is 0 Å². The molecule has 0 aliphatic carbocycles. The van der Waals surface area contributed by atoms with Gasteiger partial charge in [0, 0.05) is 29.3 Å². The molecule has 0 atom stereocenters. The summed E-state index contributed by atoms with van der Waals surface area (Å²) in [5, 5.41) is 0. The number of carbonyl (C=O) groups is 2. The largest absolute Gasteiger partial charge is 0.311 e. The Morgan fingerprint density at radius 2 is 1.67 bits per heavy atom. The number of para-hydroxylation sites is 1. The van der Waals surface area contributed by atoms with Crippen LogP contribution in [0.4, 0.5) is 11.4 Å². The molecule has 2 aromatic carbocycles. The van der Waals surface area contributed by atoms with Crippen molar-refractivity contribution in [3.05, 3.63) is 58.6 Å². The van der Waals surface area contributed by atoms with Crippen molar-refractivity contribution in [2.24, 2.45) is 0 Å². The highest BCUT2D eigenvalue weighted by molar-refractivity contribution is 9.10. The fraction of sp³-hybridized carbons (Fsp3) is 0.263. The van der Waals surface area contributed by atoms with Gasteiger partial charge in [-0.2, -0.15) is 0 Å². The van der Waals surface area contributed by atoms with E-state index in [0.29, 0.717) is 12.2 Å². The van der Waals surface area contributed by atoms with Crippen LogP contribution in [-0.4, -0.2) is 24.9 Å². The summed E-state index contributed by atoms with van der Waals surface area (Å²) in [5.74, 6) is -0.279. The number of hydrogen-bond acceptors (Lipinski definition) is 2. The average molecular weight is 389 g/mol. The van der Waals surface area contributed by atoms with Gasteiger partial charge in [-0.05, 0) is 43.7 Å². The molecule has 0 aromatic heterocycles. The summed E-state index contributed by atoms with van der Waals surface area (Å²) in [7, 11) is 0. The smallest absolute Gasteiger partial charge is 0.247 e. The van der Waals surface area contributed by atoms with Gasteiger partial charge in [-0.25, -0.2) is 0 Å². The van der Waals surface area contributed by atoms with Crippen molar-refractivity contribution in [3.8, 4) is 0 Å². The number of nitrogens with zero attached hydrogens (tertiary/aromatic N) is 2. The standard InChI is InChI=1S/C19H21BrN2O2/c1-4-21(16-8-6-5-7-9-16)19(24)13-22(15(3)23)17-11-10-14(2)18(20)12-17/h5-12H,4,13H2,1-3H3. The maximum absolute atomic E-state index is 12.7. The highest BCUT2D eigenvalue weighted by Gasteiger charge is 2.21. The van der Waals surface area contributed by atoms with E-state index in [9.17, 15) is 9.59 Å². The molecule has 5 heteroatoms. The van der Waals surface area contributed by atoms with Crippen molar-refractivity contribution < 1.29 is 9.59 Å². The first-order valence-corrected chi connectivity index (χ1v) is 8.63. The zero-order chi connectivity index (χ0) is 17.7. The summed E-state index contributed by atoms with van der Waals surface area (Å²) in [5.41, 5.74) is 2.61. The van der Waals surface area contributed by atoms with E-state index in [1.165, 1.54) is 11.8 Å². The van der Waals surface area contributed by atoms with Crippen molar-refractivity contribution in [1.82, 2.24) is 0 Å². The van der Waals surface area contributed by atoms with E-state index in [1.54, 1.807) is 4.90 Å². The first-order chi connectivity index (χ1) is 11.4. The number of aryl methyl sites for hydroxylation is 1. The summed E-state index contributed by atoms with van der Waals surface area (Å²) in [4.78, 5) is 28.0. The Kier molecular flexibility index (Phi) is 6.15. The second-order valence-corrected chi connectivity index (χ2v) is 6.37. The Bertz CT molecular complexity index is 731. The van der Waals surface area contributed by atoms with Crippen LogP contribution >= 0.6 is 15.9 Å².